The summed E-state index contributed by atoms with van der Waals surface area (Å²) in [5.41, 5.74) is 17.4. The largest absolute Gasteiger partial charge is 0.0876 e. The van der Waals surface area contributed by atoms with Crippen molar-refractivity contribution in [3.63, 3.8) is 0 Å². The minimum Gasteiger partial charge on any atom is -0.0876 e. The third-order valence-electron chi connectivity index (χ3n) is 15.5. The van der Waals surface area contributed by atoms with Gasteiger partial charge in [-0.1, -0.05) is 243 Å². The lowest BCUT2D eigenvalue weighted by Crippen LogP contribution is -2.31. The molecular formula is C67H86. The van der Waals surface area contributed by atoms with Crippen LogP contribution in [0.1, 0.15) is 187 Å². The van der Waals surface area contributed by atoms with E-state index < -0.39 is 0 Å². The lowest BCUT2D eigenvalue weighted by Gasteiger charge is -2.36. The Labute approximate surface area is 408 Å². The lowest BCUT2D eigenvalue weighted by atomic mass is 9.68. The first-order valence-electron chi connectivity index (χ1n) is 26.1. The molecule has 4 atom stereocenters. The van der Waals surface area contributed by atoms with E-state index in [0.29, 0.717) is 17.8 Å². The van der Waals surface area contributed by atoms with Gasteiger partial charge in [0.25, 0.3) is 0 Å². The van der Waals surface area contributed by atoms with Crippen molar-refractivity contribution in [1.29, 1.82) is 0 Å². The molecule has 3 aliphatic rings. The van der Waals surface area contributed by atoms with E-state index in [9.17, 15) is 0 Å². The van der Waals surface area contributed by atoms with Crippen LogP contribution in [0.15, 0.2) is 145 Å². The molecule has 0 saturated heterocycles. The molecule has 7 rings (SSSR count). The van der Waals surface area contributed by atoms with Crippen LogP contribution < -0.4 is 10.4 Å². The summed E-state index contributed by atoms with van der Waals surface area (Å²) in [6, 6.07) is 33.6. The van der Waals surface area contributed by atoms with Gasteiger partial charge in [-0.05, 0) is 162 Å². The average molecular weight is 891 g/mol. The summed E-state index contributed by atoms with van der Waals surface area (Å²) < 4.78 is 0. The van der Waals surface area contributed by atoms with Crippen LogP contribution in [0.5, 0.6) is 0 Å². The fourth-order valence-corrected chi connectivity index (χ4v) is 10.8. The molecule has 0 N–H and O–H groups in total. The summed E-state index contributed by atoms with van der Waals surface area (Å²) in [4.78, 5) is 0. The Balaban J connectivity index is 1.35. The molecule has 0 nitrogen and oxygen atoms in total. The maximum atomic E-state index is 2.63. The van der Waals surface area contributed by atoms with Gasteiger partial charge in [-0.3, -0.25) is 0 Å². The number of fused-ring (bicyclic) bond motifs is 1. The summed E-state index contributed by atoms with van der Waals surface area (Å²) >= 11 is 0. The second-order valence-corrected chi connectivity index (χ2v) is 25.2. The summed E-state index contributed by atoms with van der Waals surface area (Å²) in [5, 5.41) is 2.74. The second kappa shape index (κ2) is 19.7. The summed E-state index contributed by atoms with van der Waals surface area (Å²) in [6.07, 6.45) is 28.5. The predicted molar refractivity (Wildman–Crippen MR) is 293 cm³/mol. The van der Waals surface area contributed by atoms with Gasteiger partial charge in [0.15, 0.2) is 0 Å². The van der Waals surface area contributed by atoms with Gasteiger partial charge in [0, 0.05) is 5.41 Å². The van der Waals surface area contributed by atoms with Crippen LogP contribution in [0.2, 0.25) is 0 Å². The maximum absolute atomic E-state index is 2.63. The normalized spacial score (nSPS) is 22.3. The molecule has 4 aromatic rings. The van der Waals surface area contributed by atoms with Crippen molar-refractivity contribution < 1.29 is 0 Å². The summed E-state index contributed by atoms with van der Waals surface area (Å²) in [6.45, 7) is 35.6. The summed E-state index contributed by atoms with van der Waals surface area (Å²) in [7, 11) is 0. The SMILES string of the molecule is CCC(c1cc(C(C)(C)C)cc(C(C)(C)C)c1)=c1ccccc1=C(CC1=CCC(C)CC1C=CCc1ccccc1CC1=CC2CCC=CC2(C)C=C1)c1cc(C(C)(C)C)cc(C(C)(C)C)c1. The quantitative estimate of drug-likeness (QED) is 0.139. The van der Waals surface area contributed by atoms with E-state index in [2.05, 4.69) is 237 Å². The highest BCUT2D eigenvalue weighted by Crippen LogP contribution is 2.43. The first-order valence-corrected chi connectivity index (χ1v) is 26.1. The van der Waals surface area contributed by atoms with Crippen molar-refractivity contribution in [2.75, 3.05) is 0 Å². The Hall–Kier alpha value is -4.68. The monoisotopic (exact) mass is 891 g/mol. The van der Waals surface area contributed by atoms with Gasteiger partial charge in [0.05, 0.1) is 0 Å². The third kappa shape index (κ3) is 12.0. The highest BCUT2D eigenvalue weighted by molar-refractivity contribution is 5.73. The van der Waals surface area contributed by atoms with Gasteiger partial charge in [0.2, 0.25) is 0 Å². The number of rotatable bonds is 10. The Morgan fingerprint density at radius 2 is 1.18 bits per heavy atom. The minimum atomic E-state index is 0.0107. The Kier molecular flexibility index (Phi) is 14.8. The van der Waals surface area contributed by atoms with Crippen LogP contribution in [0.4, 0.5) is 0 Å². The standard InChI is InChI=1S/C67H86/c1-16-59(52-39-55(63(3,4)5)44-56(40-52)64(6,7)8)60-29-19-20-30-61(60)62(53-41-57(65(9,10)11)45-58(42-53)66(12,13)14)43-51-32-31-46(2)36-49(51)27-23-26-48-24-17-18-25-50(48)37-47-33-35-67(15)34-22-21-28-54(67)38-47/h17-20,22-25,27,29-30,32-35,38-42,44-46,49,54H,16,21,26,28,31,36-37,43H2,1-15H3. The van der Waals surface area contributed by atoms with E-state index in [0.717, 1.165) is 32.1 Å². The molecule has 0 aromatic heterocycles. The molecule has 0 heterocycles. The van der Waals surface area contributed by atoms with Crippen LogP contribution in [0, 0.1) is 23.2 Å². The molecule has 67 heavy (non-hydrogen) atoms. The smallest absolute Gasteiger partial charge is 0.00989 e. The molecule has 0 spiro atoms. The molecular weight excluding hydrogens is 805 g/mol. The van der Waals surface area contributed by atoms with E-state index in [4.69, 9.17) is 0 Å². The molecule has 0 heteroatoms. The number of hydrogen-bond acceptors (Lipinski definition) is 0. The molecule has 0 amide bonds. The predicted octanol–water partition coefficient (Wildman–Crippen LogP) is 16.9. The molecule has 3 aliphatic carbocycles. The highest BCUT2D eigenvalue weighted by atomic mass is 14.4. The third-order valence-corrected chi connectivity index (χ3v) is 15.5. The van der Waals surface area contributed by atoms with Gasteiger partial charge in [0.1, 0.15) is 0 Å². The molecule has 0 saturated carbocycles. The van der Waals surface area contributed by atoms with Crippen LogP contribution in [0.3, 0.4) is 0 Å². The zero-order valence-electron chi connectivity index (χ0n) is 44.6. The molecule has 0 fully saturated rings. The number of allylic oxidation sites excluding steroid dienone is 10. The van der Waals surface area contributed by atoms with Crippen molar-refractivity contribution >= 4 is 11.1 Å². The van der Waals surface area contributed by atoms with Gasteiger partial charge < -0.3 is 0 Å². The van der Waals surface area contributed by atoms with E-state index in [1.165, 1.54) is 90.9 Å². The average Bonchev–Trinajstić information content (AvgIpc) is 3.26. The maximum Gasteiger partial charge on any atom is 0.00989 e. The van der Waals surface area contributed by atoms with Crippen LogP contribution in [-0.4, -0.2) is 0 Å². The van der Waals surface area contributed by atoms with Gasteiger partial charge in [-0.15, -0.1) is 0 Å². The van der Waals surface area contributed by atoms with Crippen molar-refractivity contribution in [2.45, 2.75) is 177 Å². The zero-order chi connectivity index (χ0) is 48.5. The fraction of sp³-hybridized carbons (Fsp3) is 0.463. The number of hydrogen-bond donors (Lipinski definition) is 0. The Morgan fingerprint density at radius 1 is 0.657 bits per heavy atom. The zero-order valence-corrected chi connectivity index (χ0v) is 44.6. The van der Waals surface area contributed by atoms with Crippen molar-refractivity contribution in [1.82, 2.24) is 0 Å². The van der Waals surface area contributed by atoms with E-state index in [1.807, 2.05) is 0 Å². The fourth-order valence-electron chi connectivity index (χ4n) is 10.8. The van der Waals surface area contributed by atoms with Crippen molar-refractivity contribution in [3.8, 4) is 0 Å². The second-order valence-electron chi connectivity index (χ2n) is 25.2. The molecule has 0 radical (unpaired) electrons. The van der Waals surface area contributed by atoms with Crippen molar-refractivity contribution in [3.05, 3.63) is 200 Å². The molecule has 0 bridgehead atoms. The Bertz CT molecular complexity index is 2640. The molecule has 4 unspecified atom stereocenters. The summed E-state index contributed by atoms with van der Waals surface area (Å²) in [5.74, 6) is 1.63. The number of benzene rings is 4. The van der Waals surface area contributed by atoms with Gasteiger partial charge in [-0.25, -0.2) is 0 Å². The Morgan fingerprint density at radius 3 is 1.73 bits per heavy atom. The minimum absolute atomic E-state index is 0.0107. The van der Waals surface area contributed by atoms with E-state index in [1.54, 1.807) is 5.57 Å². The van der Waals surface area contributed by atoms with E-state index >= 15 is 0 Å². The molecule has 354 valence electrons. The first-order chi connectivity index (χ1) is 31.4. The molecule has 4 aromatic carbocycles. The topological polar surface area (TPSA) is 0 Å². The molecule has 0 aliphatic heterocycles. The van der Waals surface area contributed by atoms with Gasteiger partial charge >= 0.3 is 0 Å². The van der Waals surface area contributed by atoms with Gasteiger partial charge in [-0.2, -0.15) is 0 Å². The lowest BCUT2D eigenvalue weighted by molar-refractivity contribution is 0.349. The van der Waals surface area contributed by atoms with E-state index in [-0.39, 0.29) is 27.1 Å². The van der Waals surface area contributed by atoms with Crippen LogP contribution in [-0.2, 0) is 34.5 Å². The highest BCUT2D eigenvalue weighted by Gasteiger charge is 2.32. The van der Waals surface area contributed by atoms with Crippen LogP contribution >= 0.6 is 0 Å². The van der Waals surface area contributed by atoms with Crippen LogP contribution in [0.25, 0.3) is 11.1 Å². The first kappa shape index (κ1) is 50.2. The van der Waals surface area contributed by atoms with Crippen molar-refractivity contribution in [2.24, 2.45) is 23.2 Å².